The molecule has 0 bridgehead atoms. The summed E-state index contributed by atoms with van der Waals surface area (Å²) in [7, 11) is 0. The van der Waals surface area contributed by atoms with Crippen molar-refractivity contribution >= 4 is 21.6 Å². The molecule has 0 aliphatic rings. The molecule has 2 aromatic heterocycles. The number of aryl methyl sites for hydroxylation is 1. The van der Waals surface area contributed by atoms with Gasteiger partial charge < -0.3 is 10.2 Å². The monoisotopic (exact) mass is 344 g/mol. The van der Waals surface area contributed by atoms with E-state index in [1.54, 1.807) is 24.3 Å². The third kappa shape index (κ3) is 3.34. The summed E-state index contributed by atoms with van der Waals surface area (Å²) in [5.41, 5.74) is 0.543. The Hall–Kier alpha value is -2.18. The summed E-state index contributed by atoms with van der Waals surface area (Å²) < 4.78 is 2.08. The quantitative estimate of drug-likeness (QED) is 0.745. The van der Waals surface area contributed by atoms with Gasteiger partial charge in [-0.05, 0) is 56.5 Å². The summed E-state index contributed by atoms with van der Waals surface area (Å²) in [6.07, 6.45) is 3.59. The van der Waals surface area contributed by atoms with Gasteiger partial charge >= 0.3 is 0 Å². The Kier molecular flexibility index (Phi) is 4.43. The number of nitrogens with zero attached hydrogens (tertiary/aromatic N) is 2. The molecule has 2 N–H and O–H groups in total. The molecular weight excluding hydrogens is 324 g/mol. The number of aliphatic hydroxyl groups is 1. The third-order valence-electron chi connectivity index (χ3n) is 4.29. The van der Waals surface area contributed by atoms with Crippen molar-refractivity contribution in [3.63, 3.8) is 0 Å². The van der Waals surface area contributed by atoms with Gasteiger partial charge in [0, 0.05) is 4.88 Å². The SMILES string of the molecule is CCC(C)(O)CCc1cc2ncn(-c3ccc(O)cc3)c(=O)c2s1. The van der Waals surface area contributed by atoms with E-state index in [9.17, 15) is 15.0 Å². The molecule has 3 aromatic rings. The van der Waals surface area contributed by atoms with E-state index in [2.05, 4.69) is 4.98 Å². The summed E-state index contributed by atoms with van der Waals surface area (Å²) in [6.45, 7) is 3.79. The van der Waals surface area contributed by atoms with Crippen LogP contribution < -0.4 is 5.56 Å². The molecule has 24 heavy (non-hydrogen) atoms. The van der Waals surface area contributed by atoms with Crippen LogP contribution in [0.1, 0.15) is 31.6 Å². The second-order valence-corrected chi connectivity index (χ2v) is 7.35. The fraction of sp³-hybridized carbons (Fsp3) is 0.333. The first-order valence-corrected chi connectivity index (χ1v) is 8.73. The third-order valence-corrected chi connectivity index (χ3v) is 5.46. The molecule has 0 radical (unpaired) electrons. The van der Waals surface area contributed by atoms with Crippen LogP contribution in [0, 0.1) is 0 Å². The maximum Gasteiger partial charge on any atom is 0.275 e. The van der Waals surface area contributed by atoms with Crippen LogP contribution in [-0.2, 0) is 6.42 Å². The van der Waals surface area contributed by atoms with Crippen molar-refractivity contribution in [3.8, 4) is 11.4 Å². The number of thiophene rings is 1. The minimum absolute atomic E-state index is 0.121. The Labute approximate surface area is 143 Å². The molecule has 0 saturated carbocycles. The number of benzene rings is 1. The average Bonchev–Trinajstić information content (AvgIpc) is 2.99. The topological polar surface area (TPSA) is 75.3 Å². The molecule has 1 unspecified atom stereocenters. The predicted octanol–water partition coefficient (Wildman–Crippen LogP) is 3.25. The lowest BCUT2D eigenvalue weighted by Crippen LogP contribution is -2.23. The van der Waals surface area contributed by atoms with Crippen LogP contribution in [0.5, 0.6) is 5.75 Å². The Bertz CT molecular complexity index is 910. The normalized spacial score (nSPS) is 14.0. The zero-order chi connectivity index (χ0) is 17.3. The minimum atomic E-state index is -0.685. The molecule has 0 saturated heterocycles. The van der Waals surface area contributed by atoms with Crippen LogP contribution in [-0.4, -0.2) is 25.4 Å². The number of phenolic OH excluding ortho intramolecular Hbond substituents is 1. The van der Waals surface area contributed by atoms with E-state index in [1.165, 1.54) is 22.2 Å². The van der Waals surface area contributed by atoms with E-state index >= 15 is 0 Å². The minimum Gasteiger partial charge on any atom is -0.508 e. The lowest BCUT2D eigenvalue weighted by Gasteiger charge is -2.20. The highest BCUT2D eigenvalue weighted by Gasteiger charge is 2.18. The van der Waals surface area contributed by atoms with Crippen molar-refractivity contribution in [1.29, 1.82) is 0 Å². The summed E-state index contributed by atoms with van der Waals surface area (Å²) in [5, 5.41) is 19.5. The number of aromatic nitrogens is 2. The molecule has 1 aromatic carbocycles. The number of fused-ring (bicyclic) bond motifs is 1. The smallest absolute Gasteiger partial charge is 0.275 e. The van der Waals surface area contributed by atoms with Gasteiger partial charge in [0.1, 0.15) is 16.8 Å². The van der Waals surface area contributed by atoms with Crippen molar-refractivity contribution < 1.29 is 10.2 Å². The maximum atomic E-state index is 12.7. The zero-order valence-electron chi connectivity index (χ0n) is 13.7. The fourth-order valence-electron chi connectivity index (χ4n) is 2.45. The molecule has 1 atom stereocenters. The zero-order valence-corrected chi connectivity index (χ0v) is 14.5. The number of hydrogen-bond acceptors (Lipinski definition) is 5. The largest absolute Gasteiger partial charge is 0.508 e. The van der Waals surface area contributed by atoms with Gasteiger partial charge in [-0.3, -0.25) is 9.36 Å². The summed E-state index contributed by atoms with van der Waals surface area (Å²) >= 11 is 1.43. The van der Waals surface area contributed by atoms with Gasteiger partial charge in [0.2, 0.25) is 0 Å². The second-order valence-electron chi connectivity index (χ2n) is 6.21. The Morgan fingerprint density at radius 1 is 1.29 bits per heavy atom. The number of rotatable bonds is 5. The molecule has 0 spiro atoms. The van der Waals surface area contributed by atoms with Crippen molar-refractivity contribution in [3.05, 3.63) is 51.9 Å². The van der Waals surface area contributed by atoms with Crippen LogP contribution in [0.15, 0.2) is 41.5 Å². The summed E-state index contributed by atoms with van der Waals surface area (Å²) in [5.74, 6) is 0.155. The van der Waals surface area contributed by atoms with Crippen molar-refractivity contribution in [2.45, 2.75) is 38.7 Å². The Morgan fingerprint density at radius 3 is 2.67 bits per heavy atom. The van der Waals surface area contributed by atoms with E-state index in [0.717, 1.165) is 11.3 Å². The van der Waals surface area contributed by atoms with Crippen molar-refractivity contribution in [2.75, 3.05) is 0 Å². The number of phenols is 1. The summed E-state index contributed by atoms with van der Waals surface area (Å²) in [4.78, 5) is 18.1. The van der Waals surface area contributed by atoms with Gasteiger partial charge in [0.25, 0.3) is 5.56 Å². The molecule has 0 amide bonds. The number of hydrogen-bond donors (Lipinski definition) is 2. The van der Waals surface area contributed by atoms with E-state index in [1.807, 2.05) is 19.9 Å². The van der Waals surface area contributed by atoms with Crippen molar-refractivity contribution in [1.82, 2.24) is 9.55 Å². The first kappa shape index (κ1) is 16.7. The van der Waals surface area contributed by atoms with Crippen LogP contribution in [0.25, 0.3) is 15.9 Å². The molecule has 0 fully saturated rings. The van der Waals surface area contributed by atoms with Crippen LogP contribution in [0.2, 0.25) is 0 Å². The predicted molar refractivity (Wildman–Crippen MR) is 96.1 cm³/mol. The van der Waals surface area contributed by atoms with Gasteiger partial charge in [-0.25, -0.2) is 4.98 Å². The van der Waals surface area contributed by atoms with E-state index in [-0.39, 0.29) is 11.3 Å². The molecule has 2 heterocycles. The standard InChI is InChI=1S/C18H20N2O3S/c1-3-18(2,23)9-8-14-10-15-16(24-14)17(22)20(11-19-15)12-4-6-13(21)7-5-12/h4-7,10-11,21,23H,3,8-9H2,1-2H3. The average molecular weight is 344 g/mol. The first-order chi connectivity index (χ1) is 11.4. The molecule has 126 valence electrons. The molecule has 5 nitrogen and oxygen atoms in total. The highest BCUT2D eigenvalue weighted by atomic mass is 32.1. The molecular formula is C18H20N2O3S. The van der Waals surface area contributed by atoms with Crippen LogP contribution >= 0.6 is 11.3 Å². The molecule has 0 aliphatic heterocycles. The molecule has 3 rings (SSSR count). The Morgan fingerprint density at radius 2 is 2.00 bits per heavy atom. The lowest BCUT2D eigenvalue weighted by molar-refractivity contribution is 0.0475. The second kappa shape index (κ2) is 6.37. The summed E-state index contributed by atoms with van der Waals surface area (Å²) in [6, 6.07) is 8.36. The fourth-order valence-corrected chi connectivity index (χ4v) is 3.49. The van der Waals surface area contributed by atoms with Gasteiger partial charge in [0.15, 0.2) is 0 Å². The van der Waals surface area contributed by atoms with Crippen LogP contribution in [0.3, 0.4) is 0 Å². The van der Waals surface area contributed by atoms with Gasteiger partial charge in [-0.15, -0.1) is 11.3 Å². The Balaban J connectivity index is 1.95. The van der Waals surface area contributed by atoms with E-state index < -0.39 is 5.60 Å². The molecule has 0 aliphatic carbocycles. The van der Waals surface area contributed by atoms with Gasteiger partial charge in [-0.1, -0.05) is 6.92 Å². The van der Waals surface area contributed by atoms with E-state index in [0.29, 0.717) is 28.7 Å². The van der Waals surface area contributed by atoms with E-state index in [4.69, 9.17) is 0 Å². The lowest BCUT2D eigenvalue weighted by atomic mass is 9.97. The number of aromatic hydroxyl groups is 1. The highest BCUT2D eigenvalue weighted by molar-refractivity contribution is 7.18. The molecule has 6 heteroatoms. The van der Waals surface area contributed by atoms with Gasteiger partial charge in [-0.2, -0.15) is 0 Å². The van der Waals surface area contributed by atoms with Gasteiger partial charge in [0.05, 0.1) is 16.8 Å². The van der Waals surface area contributed by atoms with Crippen LogP contribution in [0.4, 0.5) is 0 Å². The maximum absolute atomic E-state index is 12.7. The first-order valence-electron chi connectivity index (χ1n) is 7.91. The highest BCUT2D eigenvalue weighted by Crippen LogP contribution is 2.25. The van der Waals surface area contributed by atoms with Crippen molar-refractivity contribution in [2.24, 2.45) is 0 Å².